The van der Waals surface area contributed by atoms with E-state index in [1.54, 1.807) is 32.0 Å². The second-order valence-corrected chi connectivity index (χ2v) is 7.15. The van der Waals surface area contributed by atoms with Crippen LogP contribution in [0, 0.1) is 17.0 Å². The number of hydrogen-bond donors (Lipinski definition) is 1. The lowest BCUT2D eigenvalue weighted by Crippen LogP contribution is -2.24. The first-order valence-electron chi connectivity index (χ1n) is 9.44. The van der Waals surface area contributed by atoms with Crippen molar-refractivity contribution in [2.75, 3.05) is 5.32 Å². The van der Waals surface area contributed by atoms with Crippen LogP contribution in [0.3, 0.4) is 0 Å². The van der Waals surface area contributed by atoms with Gasteiger partial charge in [0, 0.05) is 6.20 Å². The van der Waals surface area contributed by atoms with Crippen LogP contribution < -0.4 is 10.9 Å². The number of aromatic nitrogens is 2. The number of rotatable bonds is 7. The molecule has 2 heterocycles. The van der Waals surface area contributed by atoms with Gasteiger partial charge in [-0.1, -0.05) is 35.9 Å². The number of fused-ring (bicyclic) bond motifs is 1. The Morgan fingerprint density at radius 3 is 2.57 bits per heavy atom. The maximum absolute atomic E-state index is 12.7. The van der Waals surface area contributed by atoms with E-state index < -0.39 is 28.2 Å². The molecule has 0 fully saturated rings. The smallest absolute Gasteiger partial charge is 0.376 e. The molecule has 0 aliphatic rings. The highest BCUT2D eigenvalue weighted by atomic mass is 16.6. The molecule has 3 aromatic rings. The molecule has 1 N–H and O–H groups in total. The summed E-state index contributed by atoms with van der Waals surface area (Å²) in [6.07, 6.45) is 1.03. The Kier molecular flexibility index (Phi) is 6.10. The minimum Gasteiger partial charge on any atom is -0.463 e. The predicted molar refractivity (Wildman–Crippen MR) is 112 cm³/mol. The fraction of sp³-hybridized carbons (Fsp3) is 0.286. The van der Waals surface area contributed by atoms with Gasteiger partial charge in [-0.25, -0.2) is 4.98 Å². The number of benzene rings is 1. The van der Waals surface area contributed by atoms with Crippen molar-refractivity contribution < 1.29 is 14.5 Å². The van der Waals surface area contributed by atoms with E-state index in [4.69, 9.17) is 4.74 Å². The SMILES string of the molecule is Cc1ccc([C@H](CC(=O)OC(C)C)Nc2nc3ccccn3c(=O)c2[N+](=O)[O-])cc1. The Balaban J connectivity index is 2.07. The number of anilines is 1. The second kappa shape index (κ2) is 8.73. The maximum atomic E-state index is 12.7. The van der Waals surface area contributed by atoms with Gasteiger partial charge in [0.05, 0.1) is 23.5 Å². The fourth-order valence-electron chi connectivity index (χ4n) is 3.04. The first-order chi connectivity index (χ1) is 14.3. The zero-order valence-electron chi connectivity index (χ0n) is 16.9. The molecule has 0 aliphatic carbocycles. The Bertz CT molecular complexity index is 1140. The van der Waals surface area contributed by atoms with E-state index in [1.807, 2.05) is 31.2 Å². The van der Waals surface area contributed by atoms with Crippen LogP contribution in [0.2, 0.25) is 0 Å². The molecule has 0 saturated heterocycles. The molecule has 1 atom stereocenters. The van der Waals surface area contributed by atoms with Gasteiger partial charge in [0.25, 0.3) is 0 Å². The van der Waals surface area contributed by atoms with E-state index in [0.29, 0.717) is 5.56 Å². The molecule has 0 saturated carbocycles. The summed E-state index contributed by atoms with van der Waals surface area (Å²) in [4.78, 5) is 40.1. The number of carbonyl (C=O) groups is 1. The lowest BCUT2D eigenvalue weighted by Gasteiger charge is -2.20. The van der Waals surface area contributed by atoms with Gasteiger partial charge in [-0.15, -0.1) is 0 Å². The lowest BCUT2D eigenvalue weighted by atomic mass is 10.0. The van der Waals surface area contributed by atoms with Crippen molar-refractivity contribution in [3.05, 3.63) is 80.3 Å². The fourth-order valence-corrected chi connectivity index (χ4v) is 3.04. The van der Waals surface area contributed by atoms with E-state index in [0.717, 1.165) is 9.96 Å². The van der Waals surface area contributed by atoms with Crippen molar-refractivity contribution in [2.24, 2.45) is 0 Å². The predicted octanol–water partition coefficient (Wildman–Crippen LogP) is 3.41. The van der Waals surface area contributed by atoms with Gasteiger partial charge in [0.1, 0.15) is 5.65 Å². The summed E-state index contributed by atoms with van der Waals surface area (Å²) in [6, 6.07) is 11.5. The molecule has 156 valence electrons. The first-order valence-corrected chi connectivity index (χ1v) is 9.44. The van der Waals surface area contributed by atoms with Gasteiger partial charge in [0.15, 0.2) is 0 Å². The number of nitrogens with one attached hydrogen (secondary N) is 1. The van der Waals surface area contributed by atoms with Gasteiger partial charge >= 0.3 is 17.2 Å². The number of carbonyl (C=O) groups excluding carboxylic acids is 1. The molecule has 0 bridgehead atoms. The zero-order chi connectivity index (χ0) is 21.8. The van der Waals surface area contributed by atoms with Crippen LogP contribution in [0.1, 0.15) is 37.4 Å². The number of nitro groups is 1. The summed E-state index contributed by atoms with van der Waals surface area (Å²) < 4.78 is 6.34. The molecule has 1 aromatic carbocycles. The number of pyridine rings is 1. The van der Waals surface area contributed by atoms with Crippen molar-refractivity contribution in [1.29, 1.82) is 0 Å². The molecule has 2 aromatic heterocycles. The highest BCUT2D eigenvalue weighted by Gasteiger charge is 2.27. The van der Waals surface area contributed by atoms with Gasteiger partial charge in [-0.3, -0.25) is 24.1 Å². The maximum Gasteiger partial charge on any atom is 0.376 e. The summed E-state index contributed by atoms with van der Waals surface area (Å²) in [5.74, 6) is -0.664. The van der Waals surface area contributed by atoms with Crippen LogP contribution in [-0.2, 0) is 9.53 Å². The molecule has 0 amide bonds. The summed E-state index contributed by atoms with van der Waals surface area (Å²) in [5, 5.41) is 14.6. The number of aryl methyl sites for hydroxylation is 1. The normalized spacial score (nSPS) is 12.0. The Morgan fingerprint density at radius 1 is 1.23 bits per heavy atom. The second-order valence-electron chi connectivity index (χ2n) is 7.15. The third kappa shape index (κ3) is 4.62. The third-order valence-corrected chi connectivity index (χ3v) is 4.42. The lowest BCUT2D eigenvalue weighted by molar-refractivity contribution is -0.385. The summed E-state index contributed by atoms with van der Waals surface area (Å²) in [6.45, 7) is 5.40. The Morgan fingerprint density at radius 2 is 1.93 bits per heavy atom. The first kappa shape index (κ1) is 21.0. The highest BCUT2D eigenvalue weighted by Crippen LogP contribution is 2.27. The van der Waals surface area contributed by atoms with Crippen LogP contribution in [-0.4, -0.2) is 26.4 Å². The van der Waals surface area contributed by atoms with E-state index in [2.05, 4.69) is 10.3 Å². The number of esters is 1. The highest BCUT2D eigenvalue weighted by molar-refractivity contribution is 5.72. The molecule has 0 unspecified atom stereocenters. The van der Waals surface area contributed by atoms with Crippen molar-refractivity contribution in [2.45, 2.75) is 39.3 Å². The molecule has 0 spiro atoms. The van der Waals surface area contributed by atoms with Crippen LogP contribution in [0.5, 0.6) is 0 Å². The topological polar surface area (TPSA) is 116 Å². The van der Waals surface area contributed by atoms with Crippen molar-refractivity contribution in [3.63, 3.8) is 0 Å². The van der Waals surface area contributed by atoms with E-state index in [-0.39, 0.29) is 24.0 Å². The van der Waals surface area contributed by atoms with Gasteiger partial charge < -0.3 is 10.1 Å². The van der Waals surface area contributed by atoms with Gasteiger partial charge in [-0.2, -0.15) is 0 Å². The average Bonchev–Trinajstić information content (AvgIpc) is 2.67. The van der Waals surface area contributed by atoms with E-state index in [9.17, 15) is 19.7 Å². The minimum absolute atomic E-state index is 0.0891. The summed E-state index contributed by atoms with van der Waals surface area (Å²) in [5.41, 5.74) is 0.498. The molecule has 0 aliphatic heterocycles. The van der Waals surface area contributed by atoms with Gasteiger partial charge in [-0.05, 0) is 38.5 Å². The third-order valence-electron chi connectivity index (χ3n) is 4.42. The van der Waals surface area contributed by atoms with Gasteiger partial charge in [0.2, 0.25) is 5.82 Å². The van der Waals surface area contributed by atoms with Crippen LogP contribution in [0.25, 0.3) is 5.65 Å². The summed E-state index contributed by atoms with van der Waals surface area (Å²) in [7, 11) is 0. The monoisotopic (exact) mass is 410 g/mol. The van der Waals surface area contributed by atoms with Crippen LogP contribution >= 0.6 is 0 Å². The molecular weight excluding hydrogens is 388 g/mol. The van der Waals surface area contributed by atoms with E-state index in [1.165, 1.54) is 6.20 Å². The molecule has 9 nitrogen and oxygen atoms in total. The van der Waals surface area contributed by atoms with Crippen LogP contribution in [0.15, 0.2) is 53.5 Å². The molecule has 30 heavy (non-hydrogen) atoms. The number of hydrogen-bond acceptors (Lipinski definition) is 7. The van der Waals surface area contributed by atoms with Crippen molar-refractivity contribution in [1.82, 2.24) is 9.38 Å². The Labute approximate surface area is 172 Å². The van der Waals surface area contributed by atoms with Crippen LogP contribution in [0.4, 0.5) is 11.5 Å². The van der Waals surface area contributed by atoms with Crippen molar-refractivity contribution in [3.8, 4) is 0 Å². The molecule has 9 heteroatoms. The van der Waals surface area contributed by atoms with E-state index >= 15 is 0 Å². The summed E-state index contributed by atoms with van der Waals surface area (Å²) >= 11 is 0. The Hall–Kier alpha value is -3.75. The standard InChI is InChI=1S/C21H22N4O5/c1-13(2)30-18(26)12-16(15-9-7-14(3)8-10-15)22-20-19(25(28)29)21(27)24-11-5-4-6-17(24)23-20/h4-11,13,16,22H,12H2,1-3H3/t16-/m0/s1. The number of nitrogens with zero attached hydrogens (tertiary/aromatic N) is 3. The van der Waals surface area contributed by atoms with Crippen molar-refractivity contribution >= 4 is 23.1 Å². The molecule has 3 rings (SSSR count). The molecular formula is C21H22N4O5. The minimum atomic E-state index is -0.805. The number of ether oxygens (including phenoxy) is 1. The quantitative estimate of drug-likeness (QED) is 0.360. The zero-order valence-corrected chi connectivity index (χ0v) is 16.9. The average molecular weight is 410 g/mol. The largest absolute Gasteiger partial charge is 0.463 e. The molecule has 0 radical (unpaired) electrons.